The van der Waals surface area contributed by atoms with Crippen LogP contribution >= 0.6 is 0 Å². The number of ether oxygens (including phenoxy) is 3. The van der Waals surface area contributed by atoms with Gasteiger partial charge in [-0.25, -0.2) is 19.6 Å². The van der Waals surface area contributed by atoms with Crippen LogP contribution in [0.3, 0.4) is 0 Å². The molecule has 1 aliphatic heterocycles. The van der Waals surface area contributed by atoms with Crippen molar-refractivity contribution in [3.63, 3.8) is 0 Å². The number of hydrogen-bond donors (Lipinski definition) is 15. The fourth-order valence-electron chi connectivity index (χ4n) is 4.52. The molecule has 3 rings (SSSR count). The molecular formula is C37H64N12O17. The van der Waals surface area contributed by atoms with Crippen molar-refractivity contribution in [2.75, 3.05) is 13.1 Å². The summed E-state index contributed by atoms with van der Waals surface area (Å²) in [5, 5.41) is 43.7. The van der Waals surface area contributed by atoms with Crippen LogP contribution in [0, 0.1) is 5.92 Å². The van der Waals surface area contributed by atoms with E-state index in [2.05, 4.69) is 31.0 Å². The van der Waals surface area contributed by atoms with E-state index in [4.69, 9.17) is 74.1 Å². The van der Waals surface area contributed by atoms with Gasteiger partial charge in [-0.1, -0.05) is 13.8 Å². The topological polar surface area (TPSA) is 534 Å². The monoisotopic (exact) mass is 948 g/mol. The van der Waals surface area contributed by atoms with Gasteiger partial charge < -0.3 is 95.2 Å². The molecule has 1 saturated heterocycles. The summed E-state index contributed by atoms with van der Waals surface area (Å²) in [5.41, 5.74) is 38.5. The predicted octanol–water partition coefficient (Wildman–Crippen LogP) is -4.67. The number of nitrogens with zero attached hydrogens (tertiary/aromatic N) is 2. The molecule has 0 aromatic carbocycles. The quantitative estimate of drug-likeness (QED) is 0.0337. The van der Waals surface area contributed by atoms with E-state index in [9.17, 15) is 43.2 Å². The molecule has 0 unspecified atom stereocenters. The summed E-state index contributed by atoms with van der Waals surface area (Å²) < 4.78 is 14.7. The van der Waals surface area contributed by atoms with Gasteiger partial charge in [0, 0.05) is 36.6 Å². The molecule has 3 heterocycles. The highest BCUT2D eigenvalue weighted by molar-refractivity contribution is 5.91. The molecule has 0 radical (unpaired) electrons. The molecule has 29 heteroatoms. The zero-order valence-corrected chi connectivity index (χ0v) is 36.8. The fraction of sp³-hybridized carbons (Fsp3) is 0.595. The largest absolute Gasteiger partial charge is 0.481 e. The van der Waals surface area contributed by atoms with Crippen molar-refractivity contribution in [1.82, 2.24) is 25.3 Å². The Bertz CT molecular complexity index is 1790. The average molecular weight is 949 g/mol. The molecule has 0 bridgehead atoms. The number of carbonyl (C=O) groups excluding carboxylic acids is 4. The first-order valence-electron chi connectivity index (χ1n) is 19.8. The van der Waals surface area contributed by atoms with Crippen molar-refractivity contribution in [2.45, 2.75) is 121 Å². The number of rotatable bonds is 20. The lowest BCUT2D eigenvalue weighted by Gasteiger charge is -2.24. The summed E-state index contributed by atoms with van der Waals surface area (Å²) in [6.07, 6.45) is 6.15. The number of aromatic nitrogens is 4. The second-order valence-electron chi connectivity index (χ2n) is 14.6. The highest BCUT2D eigenvalue weighted by atomic mass is 16.6. The Balaban J connectivity index is 0. The first-order chi connectivity index (χ1) is 30.6. The van der Waals surface area contributed by atoms with Gasteiger partial charge in [0.05, 0.1) is 25.6 Å². The normalized spacial score (nSPS) is 16.2. The SMILES string of the molecule is CC(C)C[C@H](N)C(=O)O[C@H](C)[C@H](N)C(=O)O[C@H](C)[C@H](N)C(=O)O.NCC(=O)O.N[C@@H](CC(=O)O)C(=O)O.N[C@@H](Cc1cnc[nH]1)C(=O)O.N[C@@H](Cc1cnc[nH]1)C(=O)OC(=O)[C@@H]1CCCN1. The average Bonchev–Trinajstić information content (AvgIpc) is 4.06. The van der Waals surface area contributed by atoms with E-state index in [0.717, 1.165) is 24.4 Å². The molecule has 9 atom stereocenters. The van der Waals surface area contributed by atoms with Crippen molar-refractivity contribution >= 4 is 53.7 Å². The van der Waals surface area contributed by atoms with Gasteiger partial charge in [0.25, 0.3) is 0 Å². The number of aliphatic carboxylic acids is 5. The lowest BCUT2D eigenvalue weighted by molar-refractivity contribution is -0.163. The molecule has 2 aromatic rings. The molecule has 66 heavy (non-hydrogen) atoms. The molecule has 1 aliphatic rings. The van der Waals surface area contributed by atoms with Gasteiger partial charge in [0.2, 0.25) is 0 Å². The van der Waals surface area contributed by atoms with Gasteiger partial charge in [-0.15, -0.1) is 0 Å². The number of aromatic amines is 2. The van der Waals surface area contributed by atoms with Crippen molar-refractivity contribution in [3.8, 4) is 0 Å². The van der Waals surface area contributed by atoms with Gasteiger partial charge in [-0.05, 0) is 45.6 Å². The molecule has 374 valence electrons. The van der Waals surface area contributed by atoms with Crippen molar-refractivity contribution < 1.29 is 82.9 Å². The van der Waals surface area contributed by atoms with E-state index in [1.807, 2.05) is 13.8 Å². The first kappa shape index (κ1) is 61.6. The number of hydrogen-bond acceptors (Lipinski definition) is 22. The van der Waals surface area contributed by atoms with E-state index in [0.29, 0.717) is 12.8 Å². The smallest absolute Gasteiger partial charge is 0.330 e. The van der Waals surface area contributed by atoms with Gasteiger partial charge in [-0.2, -0.15) is 0 Å². The maximum Gasteiger partial charge on any atom is 0.330 e. The summed E-state index contributed by atoms with van der Waals surface area (Å²) in [4.78, 5) is 110. The second kappa shape index (κ2) is 33.1. The molecule has 22 N–H and O–H groups in total. The van der Waals surface area contributed by atoms with E-state index in [1.165, 1.54) is 26.5 Å². The van der Waals surface area contributed by atoms with Crippen LogP contribution in [0.5, 0.6) is 0 Å². The number of esters is 4. The summed E-state index contributed by atoms with van der Waals surface area (Å²) >= 11 is 0. The number of carboxylic acids is 5. The molecule has 0 saturated carbocycles. The number of nitrogens with one attached hydrogen (secondary N) is 3. The lowest BCUT2D eigenvalue weighted by Crippen LogP contribution is -2.49. The molecule has 2 aromatic heterocycles. The zero-order valence-electron chi connectivity index (χ0n) is 36.8. The summed E-state index contributed by atoms with van der Waals surface area (Å²) in [7, 11) is 0. The predicted molar refractivity (Wildman–Crippen MR) is 227 cm³/mol. The first-order valence-corrected chi connectivity index (χ1v) is 19.8. The number of carboxylic acid groups (broad SMARTS) is 5. The molecular weight excluding hydrogens is 884 g/mol. The zero-order chi connectivity index (χ0) is 51.3. The minimum absolute atomic E-state index is 0.213. The van der Waals surface area contributed by atoms with Crippen LogP contribution in [-0.2, 0) is 70.2 Å². The molecule has 29 nitrogen and oxygen atoms in total. The third kappa shape index (κ3) is 28.3. The number of carbonyl (C=O) groups is 9. The van der Waals surface area contributed by atoms with Gasteiger partial charge >= 0.3 is 53.7 Å². The van der Waals surface area contributed by atoms with Crippen LogP contribution in [0.2, 0.25) is 0 Å². The summed E-state index contributed by atoms with van der Waals surface area (Å²) in [6, 6.07) is -6.83. The van der Waals surface area contributed by atoms with Crippen LogP contribution in [-0.4, -0.2) is 167 Å². The maximum atomic E-state index is 11.8. The van der Waals surface area contributed by atoms with E-state index < -0.39 is 109 Å². The van der Waals surface area contributed by atoms with E-state index >= 15 is 0 Å². The van der Waals surface area contributed by atoms with Crippen LogP contribution in [0.25, 0.3) is 0 Å². The Labute approximate surface area is 377 Å². The molecule has 1 fully saturated rings. The van der Waals surface area contributed by atoms with Crippen molar-refractivity contribution in [2.24, 2.45) is 46.1 Å². The van der Waals surface area contributed by atoms with Crippen molar-refractivity contribution in [1.29, 1.82) is 0 Å². The third-order valence-electron chi connectivity index (χ3n) is 8.24. The molecule has 0 spiro atoms. The van der Waals surface area contributed by atoms with Gasteiger partial charge in [-0.3, -0.25) is 33.6 Å². The Kier molecular flexibility index (Phi) is 30.9. The standard InChI is InChI=1S/C14H27N3O6.C11H16N4O3.C6H9N3O2.C4H7NO4.C2H5NO2/c1-6(2)5-9(15)13(20)22-8(4)11(17)14(21)23-7(3)10(16)12(18)19;12-8(4-7-5-13-6-15-7)10(16)18-11(17)9-2-1-3-14-9;7-5(6(10)11)1-4-2-8-3-9-4;5-2(4(8)9)1-3(6)7;3-1-2(4)5/h6-11H,5,15-17H2,1-4H3,(H,18,19);5-6,8-9,14H,1-4,12H2,(H,13,15);2-3,5H,1,7H2,(H,8,9)(H,10,11);2H,1,5H2,(H,6,7)(H,8,9);1,3H2,(H,4,5)/t7-,8-,9+,10+,11+;8-,9-;5-;2-;/m1000./s1. The molecule has 0 amide bonds. The Morgan fingerprint density at radius 1 is 0.652 bits per heavy atom. The minimum Gasteiger partial charge on any atom is -0.481 e. The Morgan fingerprint density at radius 3 is 1.48 bits per heavy atom. The van der Waals surface area contributed by atoms with Crippen LogP contribution in [0.4, 0.5) is 0 Å². The number of nitrogens with two attached hydrogens (primary N) is 7. The highest BCUT2D eigenvalue weighted by Crippen LogP contribution is 2.10. The second-order valence-corrected chi connectivity index (χ2v) is 14.6. The van der Waals surface area contributed by atoms with E-state index in [-0.39, 0.29) is 31.3 Å². The third-order valence-corrected chi connectivity index (χ3v) is 8.24. The van der Waals surface area contributed by atoms with Gasteiger partial charge in [0.15, 0.2) is 0 Å². The Hall–Kier alpha value is -6.47. The lowest BCUT2D eigenvalue weighted by atomic mass is 10.0. The maximum absolute atomic E-state index is 11.8. The van der Waals surface area contributed by atoms with Crippen LogP contribution in [0.15, 0.2) is 25.0 Å². The molecule has 0 aliphatic carbocycles. The fourth-order valence-corrected chi connectivity index (χ4v) is 4.52. The summed E-state index contributed by atoms with van der Waals surface area (Å²) in [6.45, 7) is 7.07. The van der Waals surface area contributed by atoms with Crippen molar-refractivity contribution in [3.05, 3.63) is 36.4 Å². The Morgan fingerprint density at radius 2 is 1.12 bits per heavy atom. The minimum atomic E-state index is -1.37. The number of imidazole rings is 2. The highest BCUT2D eigenvalue weighted by Gasteiger charge is 2.32. The van der Waals surface area contributed by atoms with Crippen LogP contribution in [0.1, 0.15) is 64.8 Å². The van der Waals surface area contributed by atoms with Gasteiger partial charge in [0.1, 0.15) is 54.5 Å². The number of H-pyrrole nitrogens is 2. The summed E-state index contributed by atoms with van der Waals surface area (Å²) in [5.74, 6) is -8.38. The van der Waals surface area contributed by atoms with Crippen LogP contribution < -0.4 is 45.5 Å². The van der Waals surface area contributed by atoms with E-state index in [1.54, 1.807) is 12.4 Å².